The zero-order valence-electron chi connectivity index (χ0n) is 12.9. The van der Waals surface area contributed by atoms with Crippen LogP contribution in [0.25, 0.3) is 33.9 Å². The van der Waals surface area contributed by atoms with E-state index in [2.05, 4.69) is 16.5 Å². The number of ether oxygens (including phenoxy) is 1. The summed E-state index contributed by atoms with van der Waals surface area (Å²) in [5, 5.41) is 0.980. The number of nitrogens with one attached hydrogen (secondary N) is 1. The van der Waals surface area contributed by atoms with Gasteiger partial charge in [0.05, 0.1) is 5.69 Å². The maximum atomic E-state index is 14.4. The third-order valence-electron chi connectivity index (χ3n) is 4.21. The third-order valence-corrected chi connectivity index (χ3v) is 4.21. The van der Waals surface area contributed by atoms with Gasteiger partial charge in [0.1, 0.15) is 11.6 Å². The van der Waals surface area contributed by atoms with Crippen LogP contribution in [0.5, 0.6) is 5.88 Å². The summed E-state index contributed by atoms with van der Waals surface area (Å²) in [6.07, 6.45) is 5.32. The molecule has 0 radical (unpaired) electrons. The second-order valence-electron chi connectivity index (χ2n) is 5.58. The van der Waals surface area contributed by atoms with Crippen molar-refractivity contribution >= 4 is 22.7 Å². The lowest BCUT2D eigenvalue weighted by Gasteiger charge is -2.18. The number of allylic oxidation sites excluding steroid dienone is 1. The number of halogens is 1. The first-order valence-electron chi connectivity index (χ1n) is 7.41. The minimum Gasteiger partial charge on any atom is -0.437 e. The average molecular weight is 306 g/mol. The fourth-order valence-electron chi connectivity index (χ4n) is 3.22. The normalized spacial score (nSPS) is 13.3. The first kappa shape index (κ1) is 13.8. The van der Waals surface area contributed by atoms with Gasteiger partial charge >= 0.3 is 0 Å². The monoisotopic (exact) mass is 306 g/mol. The van der Waals surface area contributed by atoms with Crippen molar-refractivity contribution in [1.29, 1.82) is 0 Å². The van der Waals surface area contributed by atoms with Gasteiger partial charge in [-0.3, -0.25) is 0 Å². The molecule has 3 heterocycles. The molecule has 0 unspecified atom stereocenters. The van der Waals surface area contributed by atoms with Gasteiger partial charge in [0.25, 0.3) is 0 Å². The number of fused-ring (bicyclic) bond motifs is 5. The van der Waals surface area contributed by atoms with Crippen LogP contribution in [0, 0.1) is 12.7 Å². The molecule has 114 valence electrons. The maximum Gasteiger partial charge on any atom is 0.227 e. The summed E-state index contributed by atoms with van der Waals surface area (Å²) >= 11 is 0. The summed E-state index contributed by atoms with van der Waals surface area (Å²) in [5.74, 6) is 0.779. The highest BCUT2D eigenvalue weighted by Gasteiger charge is 2.27. The van der Waals surface area contributed by atoms with Gasteiger partial charge in [0, 0.05) is 33.8 Å². The molecule has 4 heteroatoms. The molecule has 1 aromatic carbocycles. The fraction of sp³-hybridized carbons (Fsp3) is 0.105. The molecule has 0 spiro atoms. The number of nitrogens with zero attached hydrogens (tertiary/aromatic N) is 1. The van der Waals surface area contributed by atoms with Crippen LogP contribution >= 0.6 is 0 Å². The second-order valence-corrected chi connectivity index (χ2v) is 5.58. The summed E-state index contributed by atoms with van der Waals surface area (Å²) in [7, 11) is 0. The van der Waals surface area contributed by atoms with Crippen LogP contribution in [-0.4, -0.2) is 9.97 Å². The molecule has 0 fully saturated rings. The molecule has 4 rings (SSSR count). The van der Waals surface area contributed by atoms with E-state index in [0.717, 1.165) is 33.3 Å². The minimum absolute atomic E-state index is 0.246. The van der Waals surface area contributed by atoms with Gasteiger partial charge in [0.15, 0.2) is 0 Å². The molecule has 0 saturated carbocycles. The van der Waals surface area contributed by atoms with Crippen molar-refractivity contribution in [1.82, 2.24) is 9.97 Å². The summed E-state index contributed by atoms with van der Waals surface area (Å²) < 4.78 is 20.1. The molecule has 3 nitrogen and oxygen atoms in total. The van der Waals surface area contributed by atoms with Crippen molar-refractivity contribution < 1.29 is 9.13 Å². The summed E-state index contributed by atoms with van der Waals surface area (Å²) in [6, 6.07) is 5.35. The smallest absolute Gasteiger partial charge is 0.227 e. The highest BCUT2D eigenvalue weighted by Crippen LogP contribution is 2.45. The average Bonchev–Trinajstić information content (AvgIpc) is 2.92. The number of benzene rings is 1. The number of aromatic nitrogens is 2. The molecular weight excluding hydrogens is 291 g/mol. The van der Waals surface area contributed by atoms with E-state index in [1.165, 1.54) is 6.07 Å². The van der Waals surface area contributed by atoms with Crippen molar-refractivity contribution in [2.75, 3.05) is 0 Å². The van der Waals surface area contributed by atoms with Crippen LogP contribution in [0.2, 0.25) is 0 Å². The molecule has 23 heavy (non-hydrogen) atoms. The molecule has 0 bridgehead atoms. The van der Waals surface area contributed by atoms with Crippen LogP contribution in [0.15, 0.2) is 37.1 Å². The highest BCUT2D eigenvalue weighted by molar-refractivity contribution is 6.06. The molecule has 1 N–H and O–H groups in total. The van der Waals surface area contributed by atoms with E-state index in [1.54, 1.807) is 12.3 Å². The van der Waals surface area contributed by atoms with Gasteiger partial charge in [-0.15, -0.1) is 0 Å². The van der Waals surface area contributed by atoms with Gasteiger partial charge < -0.3 is 9.72 Å². The van der Waals surface area contributed by atoms with Crippen molar-refractivity contribution in [2.24, 2.45) is 0 Å². The van der Waals surface area contributed by atoms with E-state index in [9.17, 15) is 4.39 Å². The number of aromatic amines is 1. The number of aryl methyl sites for hydroxylation is 1. The Hall–Kier alpha value is -2.88. The quantitative estimate of drug-likeness (QED) is 0.681. The lowest BCUT2D eigenvalue weighted by Crippen LogP contribution is -2.04. The van der Waals surface area contributed by atoms with E-state index in [0.29, 0.717) is 17.2 Å². The van der Waals surface area contributed by atoms with Crippen LogP contribution in [0.4, 0.5) is 4.39 Å². The van der Waals surface area contributed by atoms with Gasteiger partial charge in [-0.25, -0.2) is 9.37 Å². The van der Waals surface area contributed by atoms with Crippen LogP contribution in [0.1, 0.15) is 23.7 Å². The fourth-order valence-corrected chi connectivity index (χ4v) is 3.22. The molecule has 1 aliphatic rings. The highest BCUT2D eigenvalue weighted by atomic mass is 19.1. The minimum atomic E-state index is -0.246. The van der Waals surface area contributed by atoms with Gasteiger partial charge in [-0.1, -0.05) is 18.7 Å². The van der Waals surface area contributed by atoms with Crippen molar-refractivity contribution in [3.63, 3.8) is 0 Å². The lowest BCUT2D eigenvalue weighted by atomic mass is 9.95. The Labute approximate surface area is 133 Å². The van der Waals surface area contributed by atoms with Crippen molar-refractivity contribution in [2.45, 2.75) is 13.8 Å². The van der Waals surface area contributed by atoms with Gasteiger partial charge in [-0.05, 0) is 37.6 Å². The van der Waals surface area contributed by atoms with E-state index >= 15 is 0 Å². The molecule has 3 aromatic rings. The first-order chi connectivity index (χ1) is 11.1. The van der Waals surface area contributed by atoms with Crippen LogP contribution in [-0.2, 0) is 0 Å². The molecular formula is C19H15FN2O. The standard InChI is InChI=1S/C19H15FN2O/c1-4-6-12-10(2)16-15(9-14(12)20)22-18-11(3)23-19-13(17(16)18)7-5-8-21-19/h4-9,22H,3H2,1-2H3/b6-4-. The van der Waals surface area contributed by atoms with Crippen molar-refractivity contribution in [3.8, 4) is 17.0 Å². The zero-order chi connectivity index (χ0) is 16.1. The number of hydrogen-bond acceptors (Lipinski definition) is 2. The van der Waals surface area contributed by atoms with Gasteiger partial charge in [0.2, 0.25) is 5.88 Å². The Bertz CT molecular complexity index is 998. The Balaban J connectivity index is 2.17. The van der Waals surface area contributed by atoms with E-state index in [1.807, 2.05) is 32.1 Å². The Morgan fingerprint density at radius 1 is 1.39 bits per heavy atom. The topological polar surface area (TPSA) is 37.9 Å². The van der Waals surface area contributed by atoms with Crippen LogP contribution in [0.3, 0.4) is 0 Å². The molecule has 0 atom stereocenters. The van der Waals surface area contributed by atoms with E-state index in [4.69, 9.17) is 4.74 Å². The second kappa shape index (κ2) is 4.81. The number of hydrogen-bond donors (Lipinski definition) is 1. The first-order valence-corrected chi connectivity index (χ1v) is 7.41. The predicted molar refractivity (Wildman–Crippen MR) is 90.6 cm³/mol. The van der Waals surface area contributed by atoms with Gasteiger partial charge in [-0.2, -0.15) is 0 Å². The SMILES string of the molecule is C=C1Oc2ncccc2-c2c1[nH]c1cc(F)c(/C=C\C)c(C)c21. The van der Waals surface area contributed by atoms with Crippen LogP contribution < -0.4 is 4.74 Å². The molecule has 0 saturated heterocycles. The Kier molecular flexibility index (Phi) is 2.88. The summed E-state index contributed by atoms with van der Waals surface area (Å²) in [5.41, 5.74) is 4.87. The van der Waals surface area contributed by atoms with Crippen molar-refractivity contribution in [3.05, 3.63) is 59.7 Å². The largest absolute Gasteiger partial charge is 0.437 e. The maximum absolute atomic E-state index is 14.4. The molecule has 0 aliphatic carbocycles. The van der Waals surface area contributed by atoms with E-state index in [-0.39, 0.29) is 5.82 Å². The molecule has 2 aromatic heterocycles. The number of H-pyrrole nitrogens is 1. The predicted octanol–water partition coefficient (Wildman–Crippen LogP) is 5.07. The Morgan fingerprint density at radius 3 is 3.00 bits per heavy atom. The molecule has 1 aliphatic heterocycles. The zero-order valence-corrected chi connectivity index (χ0v) is 12.9. The summed E-state index contributed by atoms with van der Waals surface area (Å²) in [6.45, 7) is 7.77. The summed E-state index contributed by atoms with van der Waals surface area (Å²) in [4.78, 5) is 7.52. The van der Waals surface area contributed by atoms with E-state index < -0.39 is 0 Å². The third kappa shape index (κ3) is 1.84. The molecule has 0 amide bonds. The number of rotatable bonds is 1. The number of pyridine rings is 1. The lowest BCUT2D eigenvalue weighted by molar-refractivity contribution is 0.490. The Morgan fingerprint density at radius 2 is 2.22 bits per heavy atom.